The van der Waals surface area contributed by atoms with Gasteiger partial charge in [-0.3, -0.25) is 4.48 Å². The van der Waals surface area contributed by atoms with Crippen LogP contribution in [-0.2, 0) is 0 Å². The molecule has 0 aromatic heterocycles. The highest BCUT2D eigenvalue weighted by Gasteiger charge is 2.22. The van der Waals surface area contributed by atoms with Gasteiger partial charge >= 0.3 is 6.09 Å². The van der Waals surface area contributed by atoms with Gasteiger partial charge in [-0.25, -0.2) is 4.79 Å². The van der Waals surface area contributed by atoms with Crippen LogP contribution in [0.3, 0.4) is 0 Å². The molecule has 0 heterocycles. The highest BCUT2D eigenvalue weighted by Crippen LogP contribution is 2.34. The standard InChI is InChI=1S/C16H27N2O2/c1-11(2)13-9-14(18(6,7)8)12(3)15(10-13)20-16(19)17(4)5/h9-11H,1-8H3/q+1. The minimum Gasteiger partial charge on any atom is -0.410 e. The van der Waals surface area contributed by atoms with Crippen LogP contribution in [0.1, 0.15) is 30.9 Å². The number of carbonyl (C=O) groups excluding carboxylic acids is 1. The number of nitrogens with zero attached hydrogens (tertiary/aromatic N) is 2. The summed E-state index contributed by atoms with van der Waals surface area (Å²) in [5.74, 6) is 1.04. The fraction of sp³-hybridized carbons (Fsp3) is 0.562. The predicted octanol–water partition coefficient (Wildman–Crippen LogP) is 3.38. The number of quaternary nitrogens is 1. The second-order valence-electron chi connectivity index (χ2n) is 6.59. The Morgan fingerprint density at radius 1 is 1.20 bits per heavy atom. The third-order valence-corrected chi connectivity index (χ3v) is 3.31. The lowest BCUT2D eigenvalue weighted by atomic mass is 9.99. The average molecular weight is 279 g/mol. The number of amides is 1. The van der Waals surface area contributed by atoms with Gasteiger partial charge in [0.05, 0.1) is 26.7 Å². The average Bonchev–Trinajstić information content (AvgIpc) is 2.29. The third kappa shape index (κ3) is 3.73. The summed E-state index contributed by atoms with van der Waals surface area (Å²) in [5, 5.41) is 0. The van der Waals surface area contributed by atoms with Crippen molar-refractivity contribution in [1.82, 2.24) is 9.38 Å². The molecule has 0 aliphatic heterocycles. The van der Waals surface area contributed by atoms with Gasteiger partial charge in [-0.1, -0.05) is 13.8 Å². The highest BCUT2D eigenvalue weighted by molar-refractivity contribution is 5.72. The maximum atomic E-state index is 11.8. The van der Waals surface area contributed by atoms with Gasteiger partial charge in [-0.05, 0) is 24.5 Å². The van der Waals surface area contributed by atoms with Crippen LogP contribution in [0, 0.1) is 6.92 Å². The van der Waals surface area contributed by atoms with E-state index in [0.717, 1.165) is 11.3 Å². The van der Waals surface area contributed by atoms with Crippen molar-refractivity contribution in [3.63, 3.8) is 0 Å². The Labute approximate surface area is 122 Å². The molecule has 0 atom stereocenters. The molecule has 0 saturated carbocycles. The van der Waals surface area contributed by atoms with E-state index in [1.54, 1.807) is 14.1 Å². The normalized spacial score (nSPS) is 11.7. The molecule has 112 valence electrons. The van der Waals surface area contributed by atoms with Crippen LogP contribution in [-0.4, -0.2) is 46.2 Å². The Hall–Kier alpha value is -1.55. The smallest absolute Gasteiger partial charge is 0.410 e. The number of carbonyl (C=O) groups is 1. The van der Waals surface area contributed by atoms with E-state index in [4.69, 9.17) is 4.74 Å². The first-order valence-corrected chi connectivity index (χ1v) is 6.89. The van der Waals surface area contributed by atoms with Crippen molar-refractivity contribution in [3.05, 3.63) is 23.3 Å². The summed E-state index contributed by atoms with van der Waals surface area (Å²) in [4.78, 5) is 13.2. The Morgan fingerprint density at radius 3 is 2.15 bits per heavy atom. The van der Waals surface area contributed by atoms with Crippen molar-refractivity contribution >= 4 is 11.8 Å². The molecule has 0 aliphatic carbocycles. The third-order valence-electron chi connectivity index (χ3n) is 3.31. The number of benzene rings is 1. The topological polar surface area (TPSA) is 29.5 Å². The fourth-order valence-electron chi connectivity index (χ4n) is 2.02. The quantitative estimate of drug-likeness (QED) is 0.794. The molecule has 4 nitrogen and oxygen atoms in total. The minimum atomic E-state index is -0.346. The SMILES string of the molecule is Cc1c(OC(=O)N(C)C)cc(C(C)C)cc1[N+](C)(C)C. The molecule has 0 saturated heterocycles. The Bertz CT molecular complexity index is 500. The zero-order valence-electron chi connectivity index (χ0n) is 13.9. The molecule has 0 N–H and O–H groups in total. The summed E-state index contributed by atoms with van der Waals surface area (Å²) in [6.07, 6.45) is -0.346. The van der Waals surface area contributed by atoms with Crippen LogP contribution in [0.5, 0.6) is 5.75 Å². The number of hydrogen-bond donors (Lipinski definition) is 0. The lowest BCUT2D eigenvalue weighted by Gasteiger charge is -2.27. The highest BCUT2D eigenvalue weighted by atomic mass is 16.6. The Morgan fingerprint density at radius 2 is 1.75 bits per heavy atom. The molecular formula is C16H27N2O2+. The zero-order chi connectivity index (χ0) is 15.7. The van der Waals surface area contributed by atoms with Crippen LogP contribution < -0.4 is 9.22 Å². The van der Waals surface area contributed by atoms with Crippen LogP contribution >= 0.6 is 0 Å². The van der Waals surface area contributed by atoms with Crippen molar-refractivity contribution in [3.8, 4) is 5.75 Å². The van der Waals surface area contributed by atoms with Crippen molar-refractivity contribution in [2.24, 2.45) is 0 Å². The molecule has 1 aromatic rings. The van der Waals surface area contributed by atoms with E-state index in [9.17, 15) is 4.79 Å². The number of ether oxygens (including phenoxy) is 1. The number of hydrogen-bond acceptors (Lipinski definition) is 2. The van der Waals surface area contributed by atoms with Crippen molar-refractivity contribution < 1.29 is 9.53 Å². The molecule has 1 rings (SSSR count). The van der Waals surface area contributed by atoms with Gasteiger partial charge in [0.25, 0.3) is 0 Å². The monoisotopic (exact) mass is 279 g/mol. The maximum absolute atomic E-state index is 11.8. The van der Waals surface area contributed by atoms with Gasteiger partial charge in [0.2, 0.25) is 0 Å². The van der Waals surface area contributed by atoms with E-state index in [-0.39, 0.29) is 6.09 Å². The summed E-state index contributed by atoms with van der Waals surface area (Å²) in [6, 6.07) is 4.17. The van der Waals surface area contributed by atoms with Gasteiger partial charge < -0.3 is 9.64 Å². The lowest BCUT2D eigenvalue weighted by molar-refractivity contribution is 0.171. The van der Waals surface area contributed by atoms with E-state index in [1.165, 1.54) is 10.5 Å². The number of rotatable bonds is 3. The minimum absolute atomic E-state index is 0.346. The molecule has 20 heavy (non-hydrogen) atoms. The zero-order valence-corrected chi connectivity index (χ0v) is 13.9. The summed E-state index contributed by atoms with van der Waals surface area (Å²) in [5.41, 5.74) is 3.36. The molecule has 1 aromatic carbocycles. The molecular weight excluding hydrogens is 252 g/mol. The summed E-state index contributed by atoms with van der Waals surface area (Å²) >= 11 is 0. The molecule has 0 radical (unpaired) electrons. The largest absolute Gasteiger partial charge is 0.414 e. The van der Waals surface area contributed by atoms with Crippen molar-refractivity contribution in [1.29, 1.82) is 0 Å². The van der Waals surface area contributed by atoms with Crippen LogP contribution in [0.2, 0.25) is 0 Å². The summed E-state index contributed by atoms with van der Waals surface area (Å²) < 4.78 is 6.20. The van der Waals surface area contributed by atoms with Gasteiger partial charge in [-0.2, -0.15) is 0 Å². The molecule has 0 aliphatic rings. The second-order valence-corrected chi connectivity index (χ2v) is 6.59. The molecule has 0 bridgehead atoms. The van der Waals surface area contributed by atoms with Crippen molar-refractivity contribution in [2.45, 2.75) is 26.7 Å². The van der Waals surface area contributed by atoms with Gasteiger partial charge in [0, 0.05) is 20.2 Å². The summed E-state index contributed by atoms with van der Waals surface area (Å²) in [7, 11) is 9.72. The molecule has 0 unspecified atom stereocenters. The fourth-order valence-corrected chi connectivity index (χ4v) is 2.02. The van der Waals surface area contributed by atoms with Gasteiger partial charge in [0.15, 0.2) is 0 Å². The molecule has 0 spiro atoms. The van der Waals surface area contributed by atoms with E-state index >= 15 is 0 Å². The summed E-state index contributed by atoms with van der Waals surface area (Å²) in [6.45, 7) is 6.28. The maximum Gasteiger partial charge on any atom is 0.414 e. The van der Waals surface area contributed by atoms with E-state index in [1.807, 2.05) is 13.0 Å². The van der Waals surface area contributed by atoms with Crippen LogP contribution in [0.25, 0.3) is 0 Å². The van der Waals surface area contributed by atoms with Gasteiger partial charge in [-0.15, -0.1) is 0 Å². The first-order chi connectivity index (χ1) is 9.04. The lowest BCUT2D eigenvalue weighted by Crippen LogP contribution is -2.36. The van der Waals surface area contributed by atoms with Crippen LogP contribution in [0.4, 0.5) is 10.5 Å². The van der Waals surface area contributed by atoms with E-state index in [2.05, 4.69) is 41.1 Å². The molecule has 1 amide bonds. The first kappa shape index (κ1) is 16.5. The molecule has 0 fully saturated rings. The first-order valence-electron chi connectivity index (χ1n) is 6.89. The second kappa shape index (κ2) is 5.83. The van der Waals surface area contributed by atoms with E-state index in [0.29, 0.717) is 16.2 Å². The molecule has 4 heteroatoms. The van der Waals surface area contributed by atoms with E-state index < -0.39 is 0 Å². The van der Waals surface area contributed by atoms with Crippen molar-refractivity contribution in [2.75, 3.05) is 35.2 Å². The van der Waals surface area contributed by atoms with Gasteiger partial charge in [0.1, 0.15) is 11.4 Å². The Kier molecular flexibility index (Phi) is 4.81. The predicted molar refractivity (Wildman–Crippen MR) is 84.5 cm³/mol. The Balaban J connectivity index is 3.36. The van der Waals surface area contributed by atoms with Crippen LogP contribution in [0.15, 0.2) is 12.1 Å².